The first-order valence-corrected chi connectivity index (χ1v) is 26.1. The van der Waals surface area contributed by atoms with Gasteiger partial charge in [0.15, 0.2) is 0 Å². The maximum Gasteiger partial charge on any atom is 0.220 e. The molecule has 0 bridgehead atoms. The second-order valence-electron chi connectivity index (χ2n) is 18.1. The van der Waals surface area contributed by atoms with Gasteiger partial charge in [-0.3, -0.25) is 4.79 Å². The van der Waals surface area contributed by atoms with Gasteiger partial charge in [-0.15, -0.1) is 0 Å². The first kappa shape index (κ1) is 56.8. The molecule has 0 aliphatic rings. The Kier molecular flexibility index (Phi) is 47.5. The van der Waals surface area contributed by atoms with Crippen LogP contribution in [0.5, 0.6) is 0 Å². The fourth-order valence-electron chi connectivity index (χ4n) is 8.22. The topological polar surface area (TPSA) is 89.8 Å². The Morgan fingerprint density at radius 1 is 0.414 bits per heavy atom. The smallest absolute Gasteiger partial charge is 0.220 e. The molecule has 0 aromatic carbocycles. The average molecular weight is 818 g/mol. The molecule has 5 nitrogen and oxygen atoms in total. The Hall–Kier alpha value is -1.17. The largest absolute Gasteiger partial charge is 0.394 e. The lowest BCUT2D eigenvalue weighted by Gasteiger charge is -2.26. The number of allylic oxidation sites excluding steroid dienone is 4. The maximum atomic E-state index is 12.5. The highest BCUT2D eigenvalue weighted by atomic mass is 16.3. The molecule has 0 spiro atoms. The van der Waals surface area contributed by atoms with Gasteiger partial charge in [-0.1, -0.05) is 237 Å². The van der Waals surface area contributed by atoms with E-state index in [0.29, 0.717) is 12.8 Å². The molecule has 3 unspecified atom stereocenters. The molecule has 0 fully saturated rings. The molecule has 0 aromatic heterocycles. The molecule has 0 saturated heterocycles. The second-order valence-corrected chi connectivity index (χ2v) is 18.1. The number of carbonyl (C=O) groups is 1. The van der Waals surface area contributed by atoms with E-state index in [1.807, 2.05) is 0 Å². The SMILES string of the molecule is CCCCCCCCCCCC/C=C/CCCC(O)C(O)C(CO)NC(=O)CCCCCCCCCCCCCCC/C=C\CCCCCCCCCCCCCC. The van der Waals surface area contributed by atoms with Crippen molar-refractivity contribution >= 4 is 5.91 Å². The van der Waals surface area contributed by atoms with Crippen LogP contribution in [0, 0.1) is 0 Å². The van der Waals surface area contributed by atoms with Crippen molar-refractivity contribution in [1.82, 2.24) is 5.32 Å². The number of aliphatic hydroxyl groups is 3. The number of carbonyl (C=O) groups excluding carboxylic acids is 1. The zero-order valence-electron chi connectivity index (χ0n) is 39.2. The van der Waals surface area contributed by atoms with Crippen molar-refractivity contribution in [2.24, 2.45) is 0 Å². The molecular formula is C53H103NO4. The number of rotatable bonds is 48. The van der Waals surface area contributed by atoms with Gasteiger partial charge in [0.1, 0.15) is 6.10 Å². The van der Waals surface area contributed by atoms with Gasteiger partial charge >= 0.3 is 0 Å². The van der Waals surface area contributed by atoms with Gasteiger partial charge in [0, 0.05) is 6.42 Å². The van der Waals surface area contributed by atoms with Crippen LogP contribution in [0.15, 0.2) is 24.3 Å². The minimum atomic E-state index is -1.16. The van der Waals surface area contributed by atoms with E-state index in [4.69, 9.17) is 0 Å². The van der Waals surface area contributed by atoms with Crippen molar-refractivity contribution in [3.8, 4) is 0 Å². The molecule has 5 heteroatoms. The molecule has 0 aliphatic heterocycles. The molecule has 0 heterocycles. The number of amides is 1. The Bertz CT molecular complexity index is 859. The Morgan fingerprint density at radius 2 is 0.690 bits per heavy atom. The van der Waals surface area contributed by atoms with Gasteiger partial charge in [-0.05, 0) is 64.2 Å². The van der Waals surface area contributed by atoms with Crippen LogP contribution in [0.3, 0.4) is 0 Å². The van der Waals surface area contributed by atoms with E-state index >= 15 is 0 Å². The molecule has 0 aliphatic carbocycles. The lowest BCUT2D eigenvalue weighted by molar-refractivity contribution is -0.124. The summed E-state index contributed by atoms with van der Waals surface area (Å²) in [7, 11) is 0. The van der Waals surface area contributed by atoms with Crippen LogP contribution in [0.4, 0.5) is 0 Å². The maximum absolute atomic E-state index is 12.5. The van der Waals surface area contributed by atoms with E-state index in [1.54, 1.807) is 0 Å². The van der Waals surface area contributed by atoms with Crippen LogP contribution >= 0.6 is 0 Å². The summed E-state index contributed by atoms with van der Waals surface area (Å²) in [6.45, 7) is 4.19. The van der Waals surface area contributed by atoms with Crippen molar-refractivity contribution in [2.45, 2.75) is 302 Å². The van der Waals surface area contributed by atoms with Crippen LogP contribution in [0.25, 0.3) is 0 Å². The zero-order chi connectivity index (χ0) is 42.3. The standard InChI is InChI=1S/C53H103NO4/c1-3-5-7-9-11-13-15-17-19-20-21-22-23-24-25-26-27-28-29-30-31-32-34-36-38-40-42-44-46-48-52(57)54-50(49-55)53(58)51(56)47-45-43-41-39-37-35-33-18-16-14-12-10-8-6-4-2/h24-25,39,41,50-51,53,55-56,58H,3-23,26-38,40,42-49H2,1-2H3,(H,54,57)/b25-24-,41-39+. The number of aliphatic hydroxyl groups excluding tert-OH is 3. The molecule has 0 saturated carbocycles. The van der Waals surface area contributed by atoms with Gasteiger partial charge in [0.25, 0.3) is 0 Å². The van der Waals surface area contributed by atoms with E-state index in [2.05, 4.69) is 43.5 Å². The predicted molar refractivity (Wildman–Crippen MR) is 255 cm³/mol. The van der Waals surface area contributed by atoms with Crippen molar-refractivity contribution < 1.29 is 20.1 Å². The molecule has 3 atom stereocenters. The summed E-state index contributed by atoms with van der Waals surface area (Å²) in [5.74, 6) is -0.151. The van der Waals surface area contributed by atoms with Crippen molar-refractivity contribution in [3.63, 3.8) is 0 Å². The van der Waals surface area contributed by atoms with Crippen LogP contribution in [0.2, 0.25) is 0 Å². The number of hydrogen-bond donors (Lipinski definition) is 4. The third-order valence-electron chi connectivity index (χ3n) is 12.3. The van der Waals surface area contributed by atoms with Crippen LogP contribution < -0.4 is 5.32 Å². The van der Waals surface area contributed by atoms with Gasteiger partial charge < -0.3 is 20.6 Å². The summed E-state index contributed by atoms with van der Waals surface area (Å²) in [6, 6.07) is -0.824. The third kappa shape index (κ3) is 42.9. The van der Waals surface area contributed by atoms with Gasteiger partial charge in [-0.25, -0.2) is 0 Å². The molecule has 344 valence electrons. The third-order valence-corrected chi connectivity index (χ3v) is 12.3. The minimum absolute atomic E-state index is 0.151. The monoisotopic (exact) mass is 818 g/mol. The normalized spacial score (nSPS) is 13.5. The summed E-state index contributed by atoms with van der Waals surface area (Å²) in [5, 5.41) is 33.6. The van der Waals surface area contributed by atoms with Crippen LogP contribution in [-0.4, -0.2) is 46.1 Å². The quantitative estimate of drug-likeness (QED) is 0.0364. The van der Waals surface area contributed by atoms with Gasteiger partial charge in [0.05, 0.1) is 18.8 Å². The summed E-state index contributed by atoms with van der Waals surface area (Å²) >= 11 is 0. The summed E-state index contributed by atoms with van der Waals surface area (Å²) in [6.07, 6.45) is 60.4. The lowest BCUT2D eigenvalue weighted by Crippen LogP contribution is -2.50. The van der Waals surface area contributed by atoms with Gasteiger partial charge in [-0.2, -0.15) is 0 Å². The highest BCUT2D eigenvalue weighted by molar-refractivity contribution is 5.76. The van der Waals surface area contributed by atoms with E-state index in [9.17, 15) is 20.1 Å². The molecule has 1 amide bonds. The number of unbranched alkanes of at least 4 members (excludes halogenated alkanes) is 36. The van der Waals surface area contributed by atoms with Crippen molar-refractivity contribution in [2.75, 3.05) is 6.61 Å². The molecule has 4 N–H and O–H groups in total. The highest BCUT2D eigenvalue weighted by Gasteiger charge is 2.26. The van der Waals surface area contributed by atoms with Crippen molar-refractivity contribution in [1.29, 1.82) is 0 Å². The minimum Gasteiger partial charge on any atom is -0.394 e. The fourth-order valence-corrected chi connectivity index (χ4v) is 8.22. The van der Waals surface area contributed by atoms with Gasteiger partial charge in [0.2, 0.25) is 5.91 Å². The first-order chi connectivity index (χ1) is 28.6. The summed E-state index contributed by atoms with van der Waals surface area (Å²) in [4.78, 5) is 12.5. The average Bonchev–Trinajstić information content (AvgIpc) is 3.23. The highest BCUT2D eigenvalue weighted by Crippen LogP contribution is 2.17. The second kappa shape index (κ2) is 48.5. The van der Waals surface area contributed by atoms with E-state index in [1.165, 1.54) is 218 Å². The van der Waals surface area contributed by atoms with Crippen LogP contribution in [0.1, 0.15) is 284 Å². The predicted octanol–water partition coefficient (Wildman–Crippen LogP) is 15.7. The first-order valence-electron chi connectivity index (χ1n) is 26.1. The number of hydrogen-bond acceptors (Lipinski definition) is 4. The van der Waals surface area contributed by atoms with E-state index in [0.717, 1.165) is 38.5 Å². The zero-order valence-corrected chi connectivity index (χ0v) is 39.2. The van der Waals surface area contributed by atoms with E-state index < -0.39 is 18.2 Å². The molecular weight excluding hydrogens is 715 g/mol. The molecule has 0 aromatic rings. The lowest BCUT2D eigenvalue weighted by atomic mass is 10.0. The van der Waals surface area contributed by atoms with E-state index in [-0.39, 0.29) is 12.5 Å². The van der Waals surface area contributed by atoms with Crippen molar-refractivity contribution in [3.05, 3.63) is 24.3 Å². The molecule has 0 rings (SSSR count). The Morgan fingerprint density at radius 3 is 1.00 bits per heavy atom. The number of nitrogens with one attached hydrogen (secondary N) is 1. The molecule has 58 heavy (non-hydrogen) atoms. The Balaban J connectivity index is 3.54. The summed E-state index contributed by atoms with van der Waals surface area (Å²) in [5.41, 5.74) is 0. The fraction of sp³-hybridized carbons (Fsp3) is 0.906. The van der Waals surface area contributed by atoms with Crippen LogP contribution in [-0.2, 0) is 4.79 Å². The Labute approximate surface area is 362 Å². The molecule has 0 radical (unpaired) electrons. The summed E-state index contributed by atoms with van der Waals surface area (Å²) < 4.78 is 0.